The minimum atomic E-state index is -0.900. The van der Waals surface area contributed by atoms with Crippen molar-refractivity contribution in [3.05, 3.63) is 42.0 Å². The van der Waals surface area contributed by atoms with E-state index in [1.165, 1.54) is 25.7 Å². The Hall–Kier alpha value is -2.03. The lowest BCUT2D eigenvalue weighted by atomic mass is 10.1. The molecule has 3 heteroatoms. The molecule has 118 valence electrons. The highest BCUT2D eigenvalue weighted by molar-refractivity contribution is 5.94. The second-order valence-corrected chi connectivity index (χ2v) is 5.81. The average Bonchev–Trinajstić information content (AvgIpc) is 2.51. The van der Waals surface area contributed by atoms with Crippen LogP contribution in [-0.4, -0.2) is 17.2 Å². The summed E-state index contributed by atoms with van der Waals surface area (Å²) >= 11 is 0. The summed E-state index contributed by atoms with van der Waals surface area (Å²) in [7, 11) is 0. The average molecular weight is 300 g/mol. The monoisotopic (exact) mass is 300 g/mol. The molecule has 2 aromatic rings. The number of ether oxygens (including phenoxy) is 1. The Morgan fingerprint density at radius 1 is 1.09 bits per heavy atom. The van der Waals surface area contributed by atoms with Gasteiger partial charge in [0.05, 0.1) is 11.7 Å². The van der Waals surface area contributed by atoms with Gasteiger partial charge in [-0.3, -0.25) is 0 Å². The van der Waals surface area contributed by atoms with Gasteiger partial charge in [0.15, 0.2) is 0 Å². The zero-order valence-electron chi connectivity index (χ0n) is 13.3. The molecule has 1 N–H and O–H groups in total. The lowest BCUT2D eigenvalue weighted by Gasteiger charge is -2.15. The molecule has 0 saturated heterocycles. The fourth-order valence-corrected chi connectivity index (χ4v) is 2.58. The van der Waals surface area contributed by atoms with Gasteiger partial charge in [0.1, 0.15) is 5.75 Å². The molecule has 0 spiro atoms. The fourth-order valence-electron chi connectivity index (χ4n) is 2.58. The normalized spacial score (nSPS) is 12.3. The van der Waals surface area contributed by atoms with Crippen LogP contribution in [0.5, 0.6) is 5.75 Å². The number of carboxylic acids is 1. The summed E-state index contributed by atoms with van der Waals surface area (Å²) in [5, 5.41) is 10.9. The molecule has 2 rings (SSSR count). The zero-order valence-corrected chi connectivity index (χ0v) is 13.3. The number of carboxylic acid groups (broad SMARTS) is 1. The van der Waals surface area contributed by atoms with Crippen molar-refractivity contribution in [2.45, 2.75) is 52.1 Å². The Kier molecular flexibility index (Phi) is 5.82. The maximum absolute atomic E-state index is 11.0. The Morgan fingerprint density at radius 2 is 1.82 bits per heavy atom. The smallest absolute Gasteiger partial charge is 0.335 e. The van der Waals surface area contributed by atoms with Crippen molar-refractivity contribution < 1.29 is 14.6 Å². The van der Waals surface area contributed by atoms with Crippen molar-refractivity contribution in [1.29, 1.82) is 0 Å². The van der Waals surface area contributed by atoms with E-state index in [0.717, 1.165) is 22.9 Å². The summed E-state index contributed by atoms with van der Waals surface area (Å²) in [6.45, 7) is 4.31. The predicted octanol–water partition coefficient (Wildman–Crippen LogP) is 5.28. The summed E-state index contributed by atoms with van der Waals surface area (Å²) in [4.78, 5) is 11.0. The molecule has 22 heavy (non-hydrogen) atoms. The van der Waals surface area contributed by atoms with E-state index in [1.807, 2.05) is 24.3 Å². The van der Waals surface area contributed by atoms with Crippen molar-refractivity contribution in [3.8, 4) is 5.75 Å². The Morgan fingerprint density at radius 3 is 2.55 bits per heavy atom. The summed E-state index contributed by atoms with van der Waals surface area (Å²) in [5.41, 5.74) is 0.311. The first kappa shape index (κ1) is 16.3. The van der Waals surface area contributed by atoms with E-state index >= 15 is 0 Å². The number of hydrogen-bond acceptors (Lipinski definition) is 2. The largest absolute Gasteiger partial charge is 0.491 e. The Labute approximate surface area is 131 Å². The standard InChI is InChI=1S/C19H24O3/c1-3-4-5-6-7-14(2)22-18-11-10-15-12-17(19(20)21)9-8-16(15)13-18/h8-14H,3-7H2,1-2H3,(H,20,21)/t14-/m1/s1. The van der Waals surface area contributed by atoms with Gasteiger partial charge in [0.2, 0.25) is 0 Å². The lowest BCUT2D eigenvalue weighted by molar-refractivity contribution is 0.0697. The van der Waals surface area contributed by atoms with Crippen LogP contribution < -0.4 is 4.74 Å². The maximum Gasteiger partial charge on any atom is 0.335 e. The van der Waals surface area contributed by atoms with Gasteiger partial charge in [0.25, 0.3) is 0 Å². The fraction of sp³-hybridized carbons (Fsp3) is 0.421. The highest BCUT2D eigenvalue weighted by Crippen LogP contribution is 2.23. The molecule has 0 aliphatic carbocycles. The molecular formula is C19H24O3. The van der Waals surface area contributed by atoms with Crippen molar-refractivity contribution in [1.82, 2.24) is 0 Å². The summed E-state index contributed by atoms with van der Waals surface area (Å²) in [6, 6.07) is 11.0. The van der Waals surface area contributed by atoms with Crippen LogP contribution >= 0.6 is 0 Å². The first-order valence-electron chi connectivity index (χ1n) is 8.04. The molecule has 2 aromatic carbocycles. The minimum Gasteiger partial charge on any atom is -0.491 e. The molecule has 1 atom stereocenters. The molecule has 3 nitrogen and oxygen atoms in total. The number of hydrogen-bond donors (Lipinski definition) is 1. The molecule has 0 bridgehead atoms. The highest BCUT2D eigenvalue weighted by atomic mass is 16.5. The molecule has 0 aromatic heterocycles. The summed E-state index contributed by atoms with van der Waals surface area (Å²) in [6.07, 6.45) is 6.26. The second-order valence-electron chi connectivity index (χ2n) is 5.81. The van der Waals surface area contributed by atoms with Crippen LogP contribution in [0.25, 0.3) is 10.8 Å². The molecule has 0 fully saturated rings. The van der Waals surface area contributed by atoms with Gasteiger partial charge in [-0.2, -0.15) is 0 Å². The number of fused-ring (bicyclic) bond motifs is 1. The number of benzene rings is 2. The molecule has 0 saturated carbocycles. The molecule has 0 aliphatic heterocycles. The second kappa shape index (κ2) is 7.83. The molecule has 0 radical (unpaired) electrons. The quantitative estimate of drug-likeness (QED) is 0.675. The van der Waals surface area contributed by atoms with Crippen LogP contribution in [0.1, 0.15) is 56.3 Å². The van der Waals surface area contributed by atoms with Crippen molar-refractivity contribution in [3.63, 3.8) is 0 Å². The zero-order chi connectivity index (χ0) is 15.9. The van der Waals surface area contributed by atoms with Gasteiger partial charge in [0, 0.05) is 0 Å². The van der Waals surface area contributed by atoms with Gasteiger partial charge in [-0.25, -0.2) is 4.79 Å². The van der Waals surface area contributed by atoms with Gasteiger partial charge in [-0.1, -0.05) is 38.3 Å². The summed E-state index contributed by atoms with van der Waals surface area (Å²) < 4.78 is 5.96. The van der Waals surface area contributed by atoms with E-state index in [-0.39, 0.29) is 6.10 Å². The molecule has 0 unspecified atom stereocenters. The number of carbonyl (C=O) groups is 1. The van der Waals surface area contributed by atoms with Crippen LogP contribution in [0.4, 0.5) is 0 Å². The van der Waals surface area contributed by atoms with Crippen molar-refractivity contribution >= 4 is 16.7 Å². The third kappa shape index (κ3) is 4.48. The van der Waals surface area contributed by atoms with E-state index in [0.29, 0.717) is 5.56 Å². The SMILES string of the molecule is CCCCCC[C@@H](C)Oc1ccc2cc(C(=O)O)ccc2c1. The maximum atomic E-state index is 11.0. The Balaban J connectivity index is 2.00. The summed E-state index contributed by atoms with van der Waals surface area (Å²) in [5.74, 6) is -0.0542. The Bertz CT molecular complexity index is 634. The molecule has 0 aliphatic rings. The number of rotatable bonds is 8. The van der Waals surface area contributed by atoms with Gasteiger partial charge >= 0.3 is 5.97 Å². The van der Waals surface area contributed by atoms with Crippen LogP contribution in [0.2, 0.25) is 0 Å². The van der Waals surface area contributed by atoms with Crippen LogP contribution in [0, 0.1) is 0 Å². The predicted molar refractivity (Wildman–Crippen MR) is 89.8 cm³/mol. The van der Waals surface area contributed by atoms with Crippen LogP contribution in [0.3, 0.4) is 0 Å². The van der Waals surface area contributed by atoms with E-state index in [9.17, 15) is 4.79 Å². The molecular weight excluding hydrogens is 276 g/mol. The van der Waals surface area contributed by atoms with Crippen LogP contribution in [0.15, 0.2) is 36.4 Å². The van der Waals surface area contributed by atoms with Crippen LogP contribution in [-0.2, 0) is 0 Å². The number of aromatic carboxylic acids is 1. The highest BCUT2D eigenvalue weighted by Gasteiger charge is 2.07. The van der Waals surface area contributed by atoms with E-state index in [1.54, 1.807) is 12.1 Å². The topological polar surface area (TPSA) is 46.5 Å². The number of unbranched alkanes of at least 4 members (excludes halogenated alkanes) is 3. The molecule has 0 heterocycles. The van der Waals surface area contributed by atoms with Gasteiger partial charge < -0.3 is 9.84 Å². The first-order valence-corrected chi connectivity index (χ1v) is 8.04. The van der Waals surface area contributed by atoms with E-state index in [2.05, 4.69) is 13.8 Å². The third-order valence-corrected chi connectivity index (χ3v) is 3.86. The van der Waals surface area contributed by atoms with Crippen molar-refractivity contribution in [2.75, 3.05) is 0 Å². The minimum absolute atomic E-state index is 0.201. The molecule has 0 amide bonds. The van der Waals surface area contributed by atoms with E-state index in [4.69, 9.17) is 9.84 Å². The van der Waals surface area contributed by atoms with Crippen molar-refractivity contribution in [2.24, 2.45) is 0 Å². The van der Waals surface area contributed by atoms with Gasteiger partial charge in [-0.15, -0.1) is 0 Å². The third-order valence-electron chi connectivity index (χ3n) is 3.86. The van der Waals surface area contributed by atoms with Gasteiger partial charge in [-0.05, 0) is 54.8 Å². The first-order chi connectivity index (χ1) is 10.6. The lowest BCUT2D eigenvalue weighted by Crippen LogP contribution is -2.11. The van der Waals surface area contributed by atoms with E-state index < -0.39 is 5.97 Å².